The van der Waals surface area contributed by atoms with Gasteiger partial charge in [0, 0.05) is 17.7 Å². The summed E-state index contributed by atoms with van der Waals surface area (Å²) in [7, 11) is 0. The van der Waals surface area contributed by atoms with Crippen molar-refractivity contribution in [2.75, 3.05) is 0 Å². The molecule has 1 aromatic rings. The van der Waals surface area contributed by atoms with Crippen LogP contribution in [0.25, 0.3) is 0 Å². The quantitative estimate of drug-likeness (QED) is 0.480. The second kappa shape index (κ2) is 5.07. The predicted octanol–water partition coefficient (Wildman–Crippen LogP) is 2.99. The van der Waals surface area contributed by atoms with Crippen LogP contribution in [0.5, 0.6) is 0 Å². The van der Waals surface area contributed by atoms with Crippen LogP contribution in [-0.4, -0.2) is 10.9 Å². The van der Waals surface area contributed by atoms with Crippen molar-refractivity contribution in [1.82, 2.24) is 0 Å². The lowest BCUT2D eigenvalue weighted by Gasteiger charge is -2.31. The van der Waals surface area contributed by atoms with E-state index in [9.17, 15) is 14.9 Å². The van der Waals surface area contributed by atoms with Crippen molar-refractivity contribution < 1.29 is 14.5 Å². The lowest BCUT2D eigenvalue weighted by Crippen LogP contribution is -2.26. The molecule has 0 aromatic heterocycles. The number of ether oxygens (including phenoxy) is 1. The summed E-state index contributed by atoms with van der Waals surface area (Å²) >= 11 is 0. The molecule has 2 unspecified atom stereocenters. The zero-order valence-corrected chi connectivity index (χ0v) is 11.0. The predicted molar refractivity (Wildman–Crippen MR) is 71.8 cm³/mol. The number of non-ortho nitro benzene ring substituents is 1. The highest BCUT2D eigenvalue weighted by Crippen LogP contribution is 2.47. The molecule has 2 aliphatic carbocycles. The molecule has 2 atom stereocenters. The zero-order valence-electron chi connectivity index (χ0n) is 11.0. The highest BCUT2D eigenvalue weighted by molar-refractivity contribution is 5.89. The van der Waals surface area contributed by atoms with Crippen LogP contribution >= 0.6 is 0 Å². The molecule has 1 saturated carbocycles. The van der Waals surface area contributed by atoms with E-state index < -0.39 is 4.92 Å². The van der Waals surface area contributed by atoms with Gasteiger partial charge in [0.1, 0.15) is 6.61 Å². The van der Waals surface area contributed by atoms with Crippen molar-refractivity contribution in [3.8, 4) is 0 Å². The molecule has 0 amide bonds. The van der Waals surface area contributed by atoms with Crippen molar-refractivity contribution in [2.45, 2.75) is 25.9 Å². The number of benzene rings is 1. The number of rotatable bonds is 4. The number of hydrogen-bond donors (Lipinski definition) is 0. The summed E-state index contributed by atoms with van der Waals surface area (Å²) in [6.07, 6.45) is 5.29. The van der Waals surface area contributed by atoms with Gasteiger partial charge in [0.25, 0.3) is 5.69 Å². The Bertz CT molecular complexity index is 576. The van der Waals surface area contributed by atoms with Crippen LogP contribution in [0.4, 0.5) is 5.69 Å². The van der Waals surface area contributed by atoms with Crippen LogP contribution in [0.2, 0.25) is 0 Å². The minimum absolute atomic E-state index is 0.0379. The number of esters is 1. The maximum absolute atomic E-state index is 12.0. The number of nitro benzene ring substituents is 1. The highest BCUT2D eigenvalue weighted by Gasteiger charge is 2.40. The summed E-state index contributed by atoms with van der Waals surface area (Å²) in [4.78, 5) is 22.1. The fraction of sp³-hybridized carbons (Fsp3) is 0.400. The summed E-state index contributed by atoms with van der Waals surface area (Å²) in [5.74, 6) is 0.812. The van der Waals surface area contributed by atoms with Gasteiger partial charge in [0.15, 0.2) is 0 Å². The Morgan fingerprint density at radius 1 is 1.30 bits per heavy atom. The lowest BCUT2D eigenvalue weighted by atomic mass is 9.73. The van der Waals surface area contributed by atoms with E-state index in [0.717, 1.165) is 24.0 Å². The molecule has 5 heteroatoms. The summed E-state index contributed by atoms with van der Waals surface area (Å²) in [5.41, 5.74) is 1.62. The molecule has 1 aromatic carbocycles. The van der Waals surface area contributed by atoms with Crippen LogP contribution in [0, 0.1) is 22.0 Å². The molecule has 104 valence electrons. The maximum Gasteiger partial charge on any atom is 0.334 e. The van der Waals surface area contributed by atoms with Crippen molar-refractivity contribution >= 4 is 11.7 Å². The van der Waals surface area contributed by atoms with E-state index in [-0.39, 0.29) is 18.3 Å². The molecule has 0 radical (unpaired) electrons. The molecule has 0 N–H and O–H groups in total. The SMILES string of the molecule is O=C(OCc1ccc([N+](=O)[O-])cc1)C1=CCC2CCC12. The minimum Gasteiger partial charge on any atom is -0.457 e. The number of nitrogens with zero attached hydrogens (tertiary/aromatic N) is 1. The van der Waals surface area contributed by atoms with Crippen LogP contribution < -0.4 is 0 Å². The fourth-order valence-corrected chi connectivity index (χ4v) is 2.87. The Labute approximate surface area is 116 Å². The van der Waals surface area contributed by atoms with Gasteiger partial charge in [-0.3, -0.25) is 10.1 Å². The number of allylic oxidation sites excluding steroid dienone is 1. The molecule has 0 spiro atoms. The van der Waals surface area contributed by atoms with Crippen molar-refractivity contribution in [2.24, 2.45) is 11.8 Å². The molecule has 20 heavy (non-hydrogen) atoms. The van der Waals surface area contributed by atoms with Gasteiger partial charge < -0.3 is 4.74 Å². The molecule has 5 nitrogen and oxygen atoms in total. The molecule has 0 saturated heterocycles. The van der Waals surface area contributed by atoms with E-state index in [1.807, 2.05) is 6.08 Å². The second-order valence-corrected chi connectivity index (χ2v) is 5.34. The minimum atomic E-state index is -0.449. The lowest BCUT2D eigenvalue weighted by molar-refractivity contribution is -0.384. The number of nitro groups is 1. The number of carbonyl (C=O) groups excluding carboxylic acids is 1. The molecular weight excluding hydrogens is 258 g/mol. The third-order valence-corrected chi connectivity index (χ3v) is 4.21. The Morgan fingerprint density at radius 2 is 2.05 bits per heavy atom. The average molecular weight is 273 g/mol. The van der Waals surface area contributed by atoms with E-state index >= 15 is 0 Å². The third kappa shape index (κ3) is 2.31. The van der Waals surface area contributed by atoms with Crippen molar-refractivity contribution in [3.63, 3.8) is 0 Å². The van der Waals surface area contributed by atoms with Crippen LogP contribution in [0.3, 0.4) is 0 Å². The van der Waals surface area contributed by atoms with Crippen molar-refractivity contribution in [1.29, 1.82) is 0 Å². The largest absolute Gasteiger partial charge is 0.457 e. The topological polar surface area (TPSA) is 69.4 Å². The number of fused-ring (bicyclic) bond motifs is 1. The van der Waals surface area contributed by atoms with Gasteiger partial charge in [-0.25, -0.2) is 4.79 Å². The van der Waals surface area contributed by atoms with Crippen LogP contribution in [0.1, 0.15) is 24.8 Å². The van der Waals surface area contributed by atoms with Gasteiger partial charge in [-0.2, -0.15) is 0 Å². The molecule has 3 rings (SSSR count). The molecular formula is C15H15NO4. The molecule has 1 fully saturated rings. The summed E-state index contributed by atoms with van der Waals surface area (Å²) < 4.78 is 5.29. The molecule has 0 heterocycles. The van der Waals surface area contributed by atoms with E-state index in [0.29, 0.717) is 11.8 Å². The number of carbonyl (C=O) groups is 1. The standard InChI is InChI=1S/C15H15NO4/c17-15(14-8-4-11-3-7-13(11)14)20-9-10-1-5-12(6-2-10)16(18)19/h1-2,5-6,8,11,13H,3-4,7,9H2. The summed E-state index contributed by atoms with van der Waals surface area (Å²) in [6.45, 7) is 0.158. The Balaban J connectivity index is 1.56. The first-order chi connectivity index (χ1) is 9.65. The molecule has 0 bridgehead atoms. The zero-order chi connectivity index (χ0) is 14.1. The summed E-state index contributed by atoms with van der Waals surface area (Å²) in [6, 6.07) is 6.06. The van der Waals surface area contributed by atoms with Crippen molar-refractivity contribution in [3.05, 3.63) is 51.6 Å². The van der Waals surface area contributed by atoms with E-state index in [4.69, 9.17) is 4.74 Å². The monoisotopic (exact) mass is 273 g/mol. The normalized spacial score (nSPS) is 23.5. The number of hydrogen-bond acceptors (Lipinski definition) is 4. The van der Waals surface area contributed by atoms with Gasteiger partial charge in [0.2, 0.25) is 0 Å². The molecule has 0 aliphatic heterocycles. The van der Waals surface area contributed by atoms with Crippen LogP contribution in [0.15, 0.2) is 35.9 Å². The first-order valence-electron chi connectivity index (χ1n) is 6.75. The Hall–Kier alpha value is -2.17. The highest BCUT2D eigenvalue weighted by atomic mass is 16.6. The van der Waals surface area contributed by atoms with E-state index in [2.05, 4.69) is 0 Å². The van der Waals surface area contributed by atoms with E-state index in [1.165, 1.54) is 18.6 Å². The smallest absolute Gasteiger partial charge is 0.334 e. The second-order valence-electron chi connectivity index (χ2n) is 5.34. The van der Waals surface area contributed by atoms with Gasteiger partial charge >= 0.3 is 5.97 Å². The maximum atomic E-state index is 12.0. The average Bonchev–Trinajstić information content (AvgIpc) is 2.71. The Morgan fingerprint density at radius 3 is 2.60 bits per heavy atom. The van der Waals surface area contributed by atoms with Gasteiger partial charge in [-0.05, 0) is 48.8 Å². The Kier molecular flexibility index (Phi) is 3.26. The fourth-order valence-electron chi connectivity index (χ4n) is 2.87. The van der Waals surface area contributed by atoms with Gasteiger partial charge in [-0.15, -0.1) is 0 Å². The third-order valence-electron chi connectivity index (χ3n) is 4.21. The van der Waals surface area contributed by atoms with Gasteiger partial charge in [-0.1, -0.05) is 6.08 Å². The first kappa shape index (κ1) is 12.8. The summed E-state index contributed by atoms with van der Waals surface area (Å²) in [5, 5.41) is 10.5. The molecule has 2 aliphatic rings. The van der Waals surface area contributed by atoms with E-state index in [1.54, 1.807) is 12.1 Å². The van der Waals surface area contributed by atoms with Gasteiger partial charge in [0.05, 0.1) is 4.92 Å². The van der Waals surface area contributed by atoms with Crippen LogP contribution in [-0.2, 0) is 16.1 Å². The first-order valence-corrected chi connectivity index (χ1v) is 6.75.